The second kappa shape index (κ2) is 12.5. The van der Waals surface area contributed by atoms with E-state index in [-0.39, 0.29) is 17.3 Å². The van der Waals surface area contributed by atoms with Crippen molar-refractivity contribution in [1.82, 2.24) is 14.5 Å². The first-order valence-corrected chi connectivity index (χ1v) is 13.2. The van der Waals surface area contributed by atoms with Crippen molar-refractivity contribution in [3.63, 3.8) is 0 Å². The van der Waals surface area contributed by atoms with E-state index in [1.165, 1.54) is 24.1 Å². The summed E-state index contributed by atoms with van der Waals surface area (Å²) in [7, 11) is -2.55. The van der Waals surface area contributed by atoms with Crippen LogP contribution >= 0.6 is 23.2 Å². The normalized spacial score (nSPS) is 12.4. The Bertz CT molecular complexity index is 1110. The van der Waals surface area contributed by atoms with E-state index < -0.39 is 28.5 Å². The summed E-state index contributed by atoms with van der Waals surface area (Å²) in [6, 6.07) is 10.4. The highest BCUT2D eigenvalue weighted by Gasteiger charge is 2.30. The monoisotopic (exact) mass is 527 g/mol. The molecule has 2 rings (SSSR count). The van der Waals surface area contributed by atoms with Crippen molar-refractivity contribution in [2.75, 3.05) is 20.1 Å². The van der Waals surface area contributed by atoms with E-state index in [4.69, 9.17) is 23.2 Å². The summed E-state index contributed by atoms with van der Waals surface area (Å²) >= 11 is 12.3. The molecule has 0 heterocycles. The van der Waals surface area contributed by atoms with Gasteiger partial charge in [-0.15, -0.1) is 0 Å². The molecule has 1 atom stereocenters. The molecule has 0 saturated carbocycles. The molecule has 0 fully saturated rings. The van der Waals surface area contributed by atoms with E-state index in [1.54, 1.807) is 37.3 Å². The van der Waals surface area contributed by atoms with Crippen LogP contribution in [0.2, 0.25) is 10.0 Å². The van der Waals surface area contributed by atoms with E-state index in [1.807, 2.05) is 13.8 Å². The molecule has 0 aliphatic heterocycles. The maximum Gasteiger partial charge on any atom is 0.243 e. The minimum Gasteiger partial charge on any atom is -0.354 e. The first-order chi connectivity index (χ1) is 16.0. The van der Waals surface area contributed by atoms with Gasteiger partial charge in [-0.2, -0.15) is 4.31 Å². The van der Waals surface area contributed by atoms with E-state index in [0.29, 0.717) is 22.2 Å². The Morgan fingerprint density at radius 3 is 2.32 bits per heavy atom. The van der Waals surface area contributed by atoms with Crippen molar-refractivity contribution in [3.8, 4) is 0 Å². The fourth-order valence-corrected chi connectivity index (χ4v) is 4.80. The number of nitrogens with one attached hydrogen (secondary N) is 1. The van der Waals surface area contributed by atoms with E-state index in [0.717, 1.165) is 22.7 Å². The SMILES string of the molecule is CCCCNC(=O)C(C)N(Cc1ccc(Cl)cc1Cl)C(=O)CN(C)S(=O)(=O)c1ccc(C)cc1. The van der Waals surface area contributed by atoms with E-state index >= 15 is 0 Å². The van der Waals surface area contributed by atoms with Gasteiger partial charge in [-0.25, -0.2) is 8.42 Å². The van der Waals surface area contributed by atoms with Crippen molar-refractivity contribution >= 4 is 45.0 Å². The molecule has 0 bridgehead atoms. The number of hydrogen-bond acceptors (Lipinski definition) is 4. The number of rotatable bonds is 11. The summed E-state index contributed by atoms with van der Waals surface area (Å²) in [6.07, 6.45) is 1.73. The minimum absolute atomic E-state index is 0.0234. The Labute approximate surface area is 212 Å². The first kappa shape index (κ1) is 28.1. The van der Waals surface area contributed by atoms with Gasteiger partial charge in [0.25, 0.3) is 0 Å². The van der Waals surface area contributed by atoms with Crippen LogP contribution in [-0.2, 0) is 26.2 Å². The summed E-state index contributed by atoms with van der Waals surface area (Å²) < 4.78 is 26.9. The number of aryl methyl sites for hydroxylation is 1. The van der Waals surface area contributed by atoms with E-state index in [9.17, 15) is 18.0 Å². The van der Waals surface area contributed by atoms with Gasteiger partial charge in [-0.3, -0.25) is 9.59 Å². The molecule has 0 aliphatic rings. The van der Waals surface area contributed by atoms with Crippen LogP contribution in [0.4, 0.5) is 0 Å². The molecule has 2 aromatic rings. The minimum atomic E-state index is -3.89. The van der Waals surface area contributed by atoms with Gasteiger partial charge in [-0.1, -0.05) is 60.3 Å². The van der Waals surface area contributed by atoms with Crippen LogP contribution in [0, 0.1) is 6.92 Å². The molecule has 0 aliphatic carbocycles. The Morgan fingerprint density at radius 1 is 1.09 bits per heavy atom. The molecule has 2 aromatic carbocycles. The number of hydrogen-bond donors (Lipinski definition) is 1. The lowest BCUT2D eigenvalue weighted by atomic mass is 10.1. The number of halogens is 2. The molecular weight excluding hydrogens is 497 g/mol. The summed E-state index contributed by atoms with van der Waals surface area (Å²) in [5.41, 5.74) is 1.52. The number of amides is 2. The number of sulfonamides is 1. The molecule has 1 unspecified atom stereocenters. The Balaban J connectivity index is 2.28. The summed E-state index contributed by atoms with van der Waals surface area (Å²) in [6.45, 7) is 5.56. The largest absolute Gasteiger partial charge is 0.354 e. The molecule has 7 nitrogen and oxygen atoms in total. The molecule has 2 amide bonds. The van der Waals surface area contributed by atoms with Gasteiger partial charge in [0.15, 0.2) is 0 Å². The van der Waals surface area contributed by atoms with Crippen molar-refractivity contribution in [1.29, 1.82) is 0 Å². The van der Waals surface area contributed by atoms with Crippen LogP contribution in [0.5, 0.6) is 0 Å². The maximum absolute atomic E-state index is 13.3. The van der Waals surface area contributed by atoms with Crippen molar-refractivity contribution in [2.45, 2.75) is 51.1 Å². The van der Waals surface area contributed by atoms with E-state index in [2.05, 4.69) is 5.32 Å². The highest BCUT2D eigenvalue weighted by Crippen LogP contribution is 2.24. The fourth-order valence-electron chi connectivity index (χ4n) is 3.21. The number of nitrogens with zero attached hydrogens (tertiary/aromatic N) is 2. The van der Waals surface area contributed by atoms with Crippen LogP contribution in [0.3, 0.4) is 0 Å². The number of likely N-dealkylation sites (N-methyl/N-ethyl adjacent to an activating group) is 1. The third-order valence-electron chi connectivity index (χ3n) is 5.44. The molecule has 0 radical (unpaired) electrons. The van der Waals surface area contributed by atoms with Gasteiger partial charge in [0.1, 0.15) is 6.04 Å². The molecule has 0 saturated heterocycles. The average molecular weight is 529 g/mol. The van der Waals surface area contributed by atoms with Crippen LogP contribution in [0.1, 0.15) is 37.8 Å². The van der Waals surface area contributed by atoms with Crippen LogP contribution < -0.4 is 5.32 Å². The summed E-state index contributed by atoms with van der Waals surface area (Å²) in [5.74, 6) is -0.849. The zero-order chi connectivity index (χ0) is 25.5. The molecule has 186 valence electrons. The van der Waals surface area contributed by atoms with Crippen LogP contribution in [0.25, 0.3) is 0 Å². The second-order valence-electron chi connectivity index (χ2n) is 8.15. The Hall–Kier alpha value is -2.13. The molecule has 1 N–H and O–H groups in total. The lowest BCUT2D eigenvalue weighted by Gasteiger charge is -2.30. The topological polar surface area (TPSA) is 86.8 Å². The average Bonchev–Trinajstić information content (AvgIpc) is 2.78. The quantitative estimate of drug-likeness (QED) is 0.442. The van der Waals surface area contributed by atoms with Gasteiger partial charge in [0.2, 0.25) is 21.8 Å². The summed E-state index contributed by atoms with van der Waals surface area (Å²) in [5, 5.41) is 3.62. The predicted molar refractivity (Wildman–Crippen MR) is 135 cm³/mol. The maximum atomic E-state index is 13.3. The van der Waals surface area contributed by atoms with Crippen molar-refractivity contribution in [2.24, 2.45) is 0 Å². The van der Waals surface area contributed by atoms with Gasteiger partial charge >= 0.3 is 0 Å². The third kappa shape index (κ3) is 7.43. The second-order valence-corrected chi connectivity index (χ2v) is 11.0. The first-order valence-electron chi connectivity index (χ1n) is 11.0. The molecule has 0 aromatic heterocycles. The molecular formula is C24H31Cl2N3O4S. The number of carbonyl (C=O) groups excluding carboxylic acids is 2. The molecule has 10 heteroatoms. The number of benzene rings is 2. The van der Waals surface area contributed by atoms with Gasteiger partial charge in [-0.05, 0) is 50.1 Å². The third-order valence-corrected chi connectivity index (χ3v) is 7.84. The van der Waals surface area contributed by atoms with Crippen LogP contribution in [-0.4, -0.2) is 55.6 Å². The zero-order valence-corrected chi connectivity index (χ0v) is 22.2. The highest BCUT2D eigenvalue weighted by molar-refractivity contribution is 7.89. The van der Waals surface area contributed by atoms with Gasteiger partial charge in [0, 0.05) is 30.2 Å². The Kier molecular flexibility index (Phi) is 10.4. The van der Waals surface area contributed by atoms with Gasteiger partial charge in [0.05, 0.1) is 11.4 Å². The van der Waals surface area contributed by atoms with Gasteiger partial charge < -0.3 is 10.2 Å². The molecule has 0 spiro atoms. The lowest BCUT2D eigenvalue weighted by Crippen LogP contribution is -2.50. The lowest BCUT2D eigenvalue weighted by molar-refractivity contribution is -0.140. The molecule has 34 heavy (non-hydrogen) atoms. The summed E-state index contributed by atoms with van der Waals surface area (Å²) in [4.78, 5) is 27.5. The predicted octanol–water partition coefficient (Wildman–Crippen LogP) is 4.26. The van der Waals surface area contributed by atoms with Crippen molar-refractivity contribution < 1.29 is 18.0 Å². The van der Waals surface area contributed by atoms with Crippen LogP contribution in [0.15, 0.2) is 47.4 Å². The highest BCUT2D eigenvalue weighted by atomic mass is 35.5. The zero-order valence-electron chi connectivity index (χ0n) is 19.8. The van der Waals surface area contributed by atoms with Crippen molar-refractivity contribution in [3.05, 3.63) is 63.6 Å². The smallest absolute Gasteiger partial charge is 0.243 e. The fraction of sp³-hybridized carbons (Fsp3) is 0.417. The number of unbranched alkanes of at least 4 members (excludes halogenated alkanes) is 1. The standard InChI is InChI=1S/C24H31Cl2N3O4S/c1-5-6-13-27-24(31)18(3)29(15-19-9-10-20(25)14-22(19)26)23(30)16-28(4)34(32,33)21-11-7-17(2)8-12-21/h7-12,14,18H,5-6,13,15-16H2,1-4H3,(H,27,31). The Morgan fingerprint density at radius 2 is 1.74 bits per heavy atom. The number of carbonyl (C=O) groups is 2.